The molecule has 1 fully saturated rings. The standard InChI is InChI=1S/C20H24FN3O/c1-15(25)22-14-18-4-2-5-19(23-18)20-6-3-12-24(20)13-11-16-7-9-17(21)10-8-16/h2,4-5,7-10,20H,3,6,11-14H2,1H3,(H,22,25)/t20-/m0/s1. The lowest BCUT2D eigenvalue weighted by Crippen LogP contribution is -2.27. The number of nitrogens with one attached hydrogen (secondary N) is 1. The molecular formula is C20H24FN3O. The smallest absolute Gasteiger partial charge is 0.217 e. The van der Waals surface area contributed by atoms with Crippen LogP contribution in [0, 0.1) is 5.82 Å². The third-order valence-corrected chi connectivity index (χ3v) is 4.65. The van der Waals surface area contributed by atoms with Crippen LogP contribution in [-0.4, -0.2) is 28.9 Å². The first-order valence-electron chi connectivity index (χ1n) is 8.80. The van der Waals surface area contributed by atoms with Gasteiger partial charge in [-0.05, 0) is 55.6 Å². The molecule has 132 valence electrons. The Balaban J connectivity index is 1.63. The molecule has 1 aromatic carbocycles. The van der Waals surface area contributed by atoms with E-state index in [-0.39, 0.29) is 11.7 Å². The number of hydrogen-bond donors (Lipinski definition) is 1. The van der Waals surface area contributed by atoms with Crippen LogP contribution in [0.25, 0.3) is 0 Å². The van der Waals surface area contributed by atoms with Gasteiger partial charge in [-0.25, -0.2) is 4.39 Å². The largest absolute Gasteiger partial charge is 0.351 e. The van der Waals surface area contributed by atoms with Gasteiger partial charge in [0.05, 0.1) is 24.0 Å². The SMILES string of the molecule is CC(=O)NCc1cccc([C@@H]2CCCN2CCc2ccc(F)cc2)n1. The summed E-state index contributed by atoms with van der Waals surface area (Å²) in [5, 5.41) is 2.80. The number of halogens is 1. The predicted molar refractivity (Wildman–Crippen MR) is 95.4 cm³/mol. The topological polar surface area (TPSA) is 45.2 Å². The number of nitrogens with zero attached hydrogens (tertiary/aromatic N) is 2. The molecule has 3 rings (SSSR count). The van der Waals surface area contributed by atoms with Gasteiger partial charge >= 0.3 is 0 Å². The van der Waals surface area contributed by atoms with Crippen molar-refractivity contribution in [3.05, 3.63) is 65.2 Å². The molecule has 2 aromatic rings. The monoisotopic (exact) mass is 341 g/mol. The zero-order valence-electron chi connectivity index (χ0n) is 14.5. The van der Waals surface area contributed by atoms with E-state index < -0.39 is 0 Å². The molecule has 25 heavy (non-hydrogen) atoms. The maximum absolute atomic E-state index is 13.0. The van der Waals surface area contributed by atoms with E-state index in [1.54, 1.807) is 0 Å². The lowest BCUT2D eigenvalue weighted by Gasteiger charge is -2.24. The number of likely N-dealkylation sites (tertiary alicyclic amines) is 1. The fraction of sp³-hybridized carbons (Fsp3) is 0.400. The Kier molecular flexibility index (Phi) is 5.76. The summed E-state index contributed by atoms with van der Waals surface area (Å²) in [6.07, 6.45) is 3.16. The highest BCUT2D eigenvalue weighted by atomic mass is 19.1. The molecule has 1 aliphatic rings. The van der Waals surface area contributed by atoms with E-state index in [0.29, 0.717) is 12.6 Å². The van der Waals surface area contributed by atoms with Crippen molar-refractivity contribution in [3.63, 3.8) is 0 Å². The normalized spacial score (nSPS) is 17.6. The van der Waals surface area contributed by atoms with Gasteiger partial charge in [0.1, 0.15) is 5.82 Å². The minimum absolute atomic E-state index is 0.0472. The Morgan fingerprint density at radius 3 is 2.84 bits per heavy atom. The van der Waals surface area contributed by atoms with Crippen LogP contribution in [0.4, 0.5) is 4.39 Å². The van der Waals surface area contributed by atoms with Crippen molar-refractivity contribution < 1.29 is 9.18 Å². The summed E-state index contributed by atoms with van der Waals surface area (Å²) < 4.78 is 13.0. The molecule has 1 aliphatic heterocycles. The van der Waals surface area contributed by atoms with Crippen LogP contribution in [0.1, 0.15) is 42.8 Å². The molecule has 1 N–H and O–H groups in total. The minimum Gasteiger partial charge on any atom is -0.351 e. The summed E-state index contributed by atoms with van der Waals surface area (Å²) in [6.45, 7) is 3.97. The van der Waals surface area contributed by atoms with Crippen molar-refractivity contribution in [1.29, 1.82) is 0 Å². The Labute approximate surface area is 148 Å². The molecule has 5 heteroatoms. The third kappa shape index (κ3) is 4.86. The van der Waals surface area contributed by atoms with Crippen molar-refractivity contribution in [3.8, 4) is 0 Å². The van der Waals surface area contributed by atoms with Crippen LogP contribution in [-0.2, 0) is 17.8 Å². The van der Waals surface area contributed by atoms with Crippen molar-refractivity contribution in [2.24, 2.45) is 0 Å². The summed E-state index contributed by atoms with van der Waals surface area (Å²) in [7, 11) is 0. The molecular weight excluding hydrogens is 317 g/mol. The van der Waals surface area contributed by atoms with Gasteiger partial charge in [0.2, 0.25) is 5.91 Å². The third-order valence-electron chi connectivity index (χ3n) is 4.65. The van der Waals surface area contributed by atoms with Gasteiger partial charge in [-0.2, -0.15) is 0 Å². The molecule has 0 radical (unpaired) electrons. The van der Waals surface area contributed by atoms with Gasteiger partial charge in [-0.15, -0.1) is 0 Å². The second-order valence-electron chi connectivity index (χ2n) is 6.53. The van der Waals surface area contributed by atoms with E-state index in [0.717, 1.165) is 49.3 Å². The molecule has 1 atom stereocenters. The van der Waals surface area contributed by atoms with Gasteiger partial charge in [0, 0.05) is 13.5 Å². The maximum atomic E-state index is 13.0. The summed E-state index contributed by atoms with van der Waals surface area (Å²) in [4.78, 5) is 18.3. The van der Waals surface area contributed by atoms with Crippen molar-refractivity contribution >= 4 is 5.91 Å². The Morgan fingerprint density at radius 2 is 2.08 bits per heavy atom. The number of rotatable bonds is 6. The molecule has 0 bridgehead atoms. The van der Waals surface area contributed by atoms with Crippen molar-refractivity contribution in [1.82, 2.24) is 15.2 Å². The Morgan fingerprint density at radius 1 is 1.28 bits per heavy atom. The highest BCUT2D eigenvalue weighted by molar-refractivity contribution is 5.72. The Bertz CT molecular complexity index is 717. The average molecular weight is 341 g/mol. The number of carbonyl (C=O) groups excluding carboxylic acids is 1. The predicted octanol–water partition coefficient (Wildman–Crippen LogP) is 3.24. The second-order valence-corrected chi connectivity index (χ2v) is 6.53. The molecule has 0 unspecified atom stereocenters. The van der Waals surface area contributed by atoms with Crippen LogP contribution in [0.3, 0.4) is 0 Å². The quantitative estimate of drug-likeness (QED) is 0.877. The first kappa shape index (κ1) is 17.5. The molecule has 0 spiro atoms. The molecule has 0 aliphatic carbocycles. The molecule has 1 amide bonds. The summed E-state index contributed by atoms with van der Waals surface area (Å²) in [5.41, 5.74) is 3.11. The van der Waals surface area contributed by atoms with E-state index in [4.69, 9.17) is 4.98 Å². The average Bonchev–Trinajstić information content (AvgIpc) is 3.08. The highest BCUT2D eigenvalue weighted by Crippen LogP contribution is 2.30. The van der Waals surface area contributed by atoms with Crippen molar-refractivity contribution in [2.45, 2.75) is 38.8 Å². The summed E-state index contributed by atoms with van der Waals surface area (Å²) in [5.74, 6) is -0.239. The fourth-order valence-corrected chi connectivity index (χ4v) is 3.35. The molecule has 4 nitrogen and oxygen atoms in total. The number of benzene rings is 1. The fourth-order valence-electron chi connectivity index (χ4n) is 3.35. The number of aromatic nitrogens is 1. The van der Waals surface area contributed by atoms with E-state index >= 15 is 0 Å². The summed E-state index contributed by atoms with van der Waals surface area (Å²) >= 11 is 0. The Hall–Kier alpha value is -2.27. The van der Waals surface area contributed by atoms with Crippen LogP contribution in [0.5, 0.6) is 0 Å². The van der Waals surface area contributed by atoms with E-state index in [2.05, 4.69) is 16.3 Å². The van der Waals surface area contributed by atoms with Gasteiger partial charge in [0.25, 0.3) is 0 Å². The number of hydrogen-bond acceptors (Lipinski definition) is 3. The van der Waals surface area contributed by atoms with Gasteiger partial charge in [0.15, 0.2) is 0 Å². The van der Waals surface area contributed by atoms with E-state index in [9.17, 15) is 9.18 Å². The number of amides is 1. The van der Waals surface area contributed by atoms with Crippen LogP contribution >= 0.6 is 0 Å². The maximum Gasteiger partial charge on any atom is 0.217 e. The molecule has 0 saturated carbocycles. The van der Waals surface area contributed by atoms with Crippen LogP contribution < -0.4 is 5.32 Å². The zero-order chi connectivity index (χ0) is 17.6. The first-order chi connectivity index (χ1) is 12.1. The molecule has 2 heterocycles. The number of carbonyl (C=O) groups is 1. The lowest BCUT2D eigenvalue weighted by molar-refractivity contribution is -0.119. The minimum atomic E-state index is -0.192. The second kappa shape index (κ2) is 8.21. The molecule has 1 saturated heterocycles. The zero-order valence-corrected chi connectivity index (χ0v) is 14.5. The lowest BCUT2D eigenvalue weighted by atomic mass is 10.1. The van der Waals surface area contributed by atoms with Crippen LogP contribution in [0.15, 0.2) is 42.5 Å². The summed E-state index contributed by atoms with van der Waals surface area (Å²) in [6, 6.07) is 13.1. The van der Waals surface area contributed by atoms with E-state index in [1.807, 2.05) is 24.3 Å². The number of pyridine rings is 1. The highest BCUT2D eigenvalue weighted by Gasteiger charge is 2.26. The van der Waals surface area contributed by atoms with Crippen LogP contribution in [0.2, 0.25) is 0 Å². The van der Waals surface area contributed by atoms with Gasteiger partial charge < -0.3 is 5.32 Å². The molecule has 1 aromatic heterocycles. The van der Waals surface area contributed by atoms with E-state index in [1.165, 1.54) is 19.1 Å². The van der Waals surface area contributed by atoms with Gasteiger partial charge in [-0.3, -0.25) is 14.7 Å². The van der Waals surface area contributed by atoms with Crippen molar-refractivity contribution in [2.75, 3.05) is 13.1 Å². The first-order valence-corrected chi connectivity index (χ1v) is 8.80. The van der Waals surface area contributed by atoms with Gasteiger partial charge in [-0.1, -0.05) is 18.2 Å².